The summed E-state index contributed by atoms with van der Waals surface area (Å²) in [6.07, 6.45) is 6.68. The first kappa shape index (κ1) is 10.0. The summed E-state index contributed by atoms with van der Waals surface area (Å²) < 4.78 is 0. The van der Waals surface area contributed by atoms with Crippen LogP contribution >= 0.6 is 0 Å². The molecule has 0 spiro atoms. The molecule has 0 aromatic rings. The molecule has 0 saturated heterocycles. The third-order valence-electron chi connectivity index (χ3n) is 3.02. The van der Waals surface area contributed by atoms with Crippen molar-refractivity contribution in [2.24, 2.45) is 11.7 Å². The lowest BCUT2D eigenvalue weighted by molar-refractivity contribution is 0.223. The summed E-state index contributed by atoms with van der Waals surface area (Å²) in [7, 11) is 2.07. The molecule has 2 atom stereocenters. The van der Waals surface area contributed by atoms with Gasteiger partial charge in [0.15, 0.2) is 0 Å². The molecule has 3 N–H and O–H groups in total. The lowest BCUT2D eigenvalue weighted by Crippen LogP contribution is -2.38. The number of rotatable bonds is 5. The minimum atomic E-state index is 0.362. The van der Waals surface area contributed by atoms with Gasteiger partial charge in [0.1, 0.15) is 0 Å². The van der Waals surface area contributed by atoms with Gasteiger partial charge in [-0.15, -0.1) is 0 Å². The zero-order valence-corrected chi connectivity index (χ0v) is 8.34. The Bertz CT molecular complexity index is 119. The molecule has 12 heavy (non-hydrogen) atoms. The van der Waals surface area contributed by atoms with Crippen molar-refractivity contribution in [1.82, 2.24) is 5.32 Å². The fourth-order valence-corrected chi connectivity index (χ4v) is 1.90. The van der Waals surface area contributed by atoms with Gasteiger partial charge in [-0.05, 0) is 45.6 Å². The molecule has 1 aliphatic rings. The Balaban J connectivity index is 2.15. The van der Waals surface area contributed by atoms with Gasteiger partial charge in [0, 0.05) is 12.1 Å². The Hall–Kier alpha value is -0.0800. The molecule has 0 heterocycles. The van der Waals surface area contributed by atoms with E-state index in [-0.39, 0.29) is 0 Å². The maximum Gasteiger partial charge on any atom is 0.00929 e. The van der Waals surface area contributed by atoms with Crippen LogP contribution in [0, 0.1) is 5.92 Å². The van der Waals surface area contributed by atoms with Gasteiger partial charge >= 0.3 is 0 Å². The average Bonchev–Trinajstić information content (AvgIpc) is 1.93. The van der Waals surface area contributed by atoms with Gasteiger partial charge in [0.2, 0.25) is 0 Å². The van der Waals surface area contributed by atoms with Crippen LogP contribution in [0.3, 0.4) is 0 Å². The number of hydrogen-bond donors (Lipinski definition) is 2. The van der Waals surface area contributed by atoms with E-state index in [0.29, 0.717) is 6.04 Å². The summed E-state index contributed by atoms with van der Waals surface area (Å²) in [6, 6.07) is 1.09. The molecule has 1 aliphatic carbocycles. The molecule has 2 nitrogen and oxygen atoms in total. The highest BCUT2D eigenvalue weighted by atomic mass is 14.9. The Morgan fingerprint density at radius 3 is 2.42 bits per heavy atom. The second-order valence-electron chi connectivity index (χ2n) is 4.14. The lowest BCUT2D eigenvalue weighted by Gasteiger charge is -2.34. The van der Waals surface area contributed by atoms with Gasteiger partial charge in [-0.1, -0.05) is 6.42 Å². The van der Waals surface area contributed by atoms with Crippen molar-refractivity contribution in [2.45, 2.75) is 51.1 Å². The molecular formula is C10H22N2. The van der Waals surface area contributed by atoms with E-state index in [9.17, 15) is 0 Å². The standard InChI is InChI=1S/C10H22N2/c1-8(11)6-7-10(12-2)9-4-3-5-9/h8-10,12H,3-7,11H2,1-2H3. The molecule has 0 aromatic heterocycles. The Morgan fingerprint density at radius 2 is 2.08 bits per heavy atom. The van der Waals surface area contributed by atoms with Crippen molar-refractivity contribution in [3.05, 3.63) is 0 Å². The minimum Gasteiger partial charge on any atom is -0.328 e. The van der Waals surface area contributed by atoms with Crippen molar-refractivity contribution in [2.75, 3.05) is 7.05 Å². The predicted molar refractivity (Wildman–Crippen MR) is 53.1 cm³/mol. The highest BCUT2D eigenvalue weighted by Crippen LogP contribution is 2.31. The van der Waals surface area contributed by atoms with Crippen LogP contribution in [0.5, 0.6) is 0 Å². The van der Waals surface area contributed by atoms with E-state index >= 15 is 0 Å². The molecule has 2 heteroatoms. The maximum atomic E-state index is 5.73. The fourth-order valence-electron chi connectivity index (χ4n) is 1.90. The van der Waals surface area contributed by atoms with E-state index in [1.807, 2.05) is 0 Å². The maximum absolute atomic E-state index is 5.73. The molecule has 0 aromatic carbocycles. The quantitative estimate of drug-likeness (QED) is 0.656. The normalized spacial score (nSPS) is 23.2. The second-order valence-corrected chi connectivity index (χ2v) is 4.14. The molecule has 0 bridgehead atoms. The first-order chi connectivity index (χ1) is 5.74. The van der Waals surface area contributed by atoms with E-state index < -0.39 is 0 Å². The average molecular weight is 170 g/mol. The summed E-state index contributed by atoms with van der Waals surface area (Å²) in [5, 5.41) is 3.40. The highest BCUT2D eigenvalue weighted by molar-refractivity contribution is 4.82. The molecule has 72 valence electrons. The van der Waals surface area contributed by atoms with Crippen molar-refractivity contribution >= 4 is 0 Å². The van der Waals surface area contributed by atoms with Gasteiger partial charge in [0.05, 0.1) is 0 Å². The summed E-state index contributed by atoms with van der Waals surface area (Å²) in [5.74, 6) is 0.939. The van der Waals surface area contributed by atoms with Crippen LogP contribution in [0.2, 0.25) is 0 Å². The lowest BCUT2D eigenvalue weighted by atomic mass is 9.78. The third-order valence-corrected chi connectivity index (χ3v) is 3.02. The SMILES string of the molecule is CNC(CCC(C)N)C1CCC1. The number of nitrogens with one attached hydrogen (secondary N) is 1. The molecular weight excluding hydrogens is 148 g/mol. The first-order valence-electron chi connectivity index (χ1n) is 5.17. The van der Waals surface area contributed by atoms with Crippen LogP contribution in [0.25, 0.3) is 0 Å². The third kappa shape index (κ3) is 2.76. The highest BCUT2D eigenvalue weighted by Gasteiger charge is 2.25. The van der Waals surface area contributed by atoms with Gasteiger partial charge in [-0.2, -0.15) is 0 Å². The molecule has 0 amide bonds. The zero-order chi connectivity index (χ0) is 8.97. The van der Waals surface area contributed by atoms with Crippen LogP contribution in [0.1, 0.15) is 39.0 Å². The fraction of sp³-hybridized carbons (Fsp3) is 1.00. The van der Waals surface area contributed by atoms with Gasteiger partial charge in [-0.3, -0.25) is 0 Å². The van der Waals surface area contributed by atoms with Gasteiger partial charge in [-0.25, -0.2) is 0 Å². The molecule has 1 rings (SSSR count). The first-order valence-corrected chi connectivity index (χ1v) is 5.17. The largest absolute Gasteiger partial charge is 0.328 e. The van der Waals surface area contributed by atoms with Gasteiger partial charge < -0.3 is 11.1 Å². The molecule has 0 radical (unpaired) electrons. The minimum absolute atomic E-state index is 0.362. The summed E-state index contributed by atoms with van der Waals surface area (Å²) in [4.78, 5) is 0. The number of nitrogens with two attached hydrogens (primary N) is 1. The van der Waals surface area contributed by atoms with Crippen LogP contribution in [0.4, 0.5) is 0 Å². The van der Waals surface area contributed by atoms with E-state index in [1.165, 1.54) is 25.7 Å². The Labute approximate surface area is 75.9 Å². The van der Waals surface area contributed by atoms with Crippen LogP contribution < -0.4 is 11.1 Å². The number of hydrogen-bond acceptors (Lipinski definition) is 2. The van der Waals surface area contributed by atoms with E-state index in [2.05, 4.69) is 19.3 Å². The van der Waals surface area contributed by atoms with Gasteiger partial charge in [0.25, 0.3) is 0 Å². The Kier molecular flexibility index (Phi) is 4.02. The molecule has 1 fully saturated rings. The van der Waals surface area contributed by atoms with E-state index in [4.69, 9.17) is 5.73 Å². The Morgan fingerprint density at radius 1 is 1.42 bits per heavy atom. The van der Waals surface area contributed by atoms with Crippen molar-refractivity contribution in [3.63, 3.8) is 0 Å². The molecule has 2 unspecified atom stereocenters. The summed E-state index contributed by atoms with van der Waals surface area (Å²) >= 11 is 0. The van der Waals surface area contributed by atoms with Crippen molar-refractivity contribution < 1.29 is 0 Å². The van der Waals surface area contributed by atoms with Crippen LogP contribution in [0.15, 0.2) is 0 Å². The summed E-state index contributed by atoms with van der Waals surface area (Å²) in [6.45, 7) is 2.09. The van der Waals surface area contributed by atoms with Crippen LogP contribution in [-0.4, -0.2) is 19.1 Å². The summed E-state index contributed by atoms with van der Waals surface area (Å²) in [5.41, 5.74) is 5.73. The van der Waals surface area contributed by atoms with Crippen molar-refractivity contribution in [1.29, 1.82) is 0 Å². The monoisotopic (exact) mass is 170 g/mol. The van der Waals surface area contributed by atoms with Crippen molar-refractivity contribution in [3.8, 4) is 0 Å². The molecule has 0 aliphatic heterocycles. The van der Waals surface area contributed by atoms with E-state index in [0.717, 1.165) is 18.4 Å². The van der Waals surface area contributed by atoms with Crippen LogP contribution in [-0.2, 0) is 0 Å². The topological polar surface area (TPSA) is 38.0 Å². The van der Waals surface area contributed by atoms with E-state index in [1.54, 1.807) is 0 Å². The predicted octanol–water partition coefficient (Wildman–Crippen LogP) is 1.50. The molecule has 1 saturated carbocycles. The zero-order valence-electron chi connectivity index (χ0n) is 8.34. The smallest absolute Gasteiger partial charge is 0.00929 e. The second kappa shape index (κ2) is 4.83.